The molecule has 0 saturated carbocycles. The van der Waals surface area contributed by atoms with Gasteiger partial charge < -0.3 is 9.84 Å². The Bertz CT molecular complexity index is 1190. The van der Waals surface area contributed by atoms with Crippen molar-refractivity contribution in [2.24, 2.45) is 4.99 Å². The molecule has 2 N–H and O–H groups in total. The fourth-order valence-corrected chi connectivity index (χ4v) is 2.89. The van der Waals surface area contributed by atoms with Crippen LogP contribution in [0.25, 0.3) is 5.69 Å². The number of thiocyanates is 1. The van der Waals surface area contributed by atoms with Crippen LogP contribution >= 0.6 is 11.8 Å². The molecule has 28 heavy (non-hydrogen) atoms. The Hall–Kier alpha value is -3.77. The molecule has 1 aromatic heterocycles. The lowest BCUT2D eigenvalue weighted by atomic mass is 10.2. The minimum Gasteiger partial charge on any atom is -0.494 e. The molecule has 2 aromatic carbocycles. The predicted molar refractivity (Wildman–Crippen MR) is 106 cm³/mol. The van der Waals surface area contributed by atoms with E-state index in [4.69, 9.17) is 10.00 Å². The van der Waals surface area contributed by atoms with Crippen LogP contribution in [-0.2, 0) is 0 Å². The van der Waals surface area contributed by atoms with Crippen LogP contribution in [0.3, 0.4) is 0 Å². The maximum atomic E-state index is 12.2. The van der Waals surface area contributed by atoms with Gasteiger partial charge in [0, 0.05) is 11.1 Å². The molecule has 0 aliphatic carbocycles. The van der Waals surface area contributed by atoms with Gasteiger partial charge in [-0.1, -0.05) is 18.2 Å². The quantitative estimate of drug-likeness (QED) is 0.390. The average Bonchev–Trinajstić information content (AvgIpc) is 2.69. The van der Waals surface area contributed by atoms with E-state index in [0.29, 0.717) is 22.0 Å². The normalized spacial score (nSPS) is 10.7. The van der Waals surface area contributed by atoms with Gasteiger partial charge >= 0.3 is 5.69 Å². The SMILES string of the molecule is COc1cc(SC#N)ccc1N=Cc1c(O)n(-c2ccccc2)c(=O)[nH]c1=O. The summed E-state index contributed by atoms with van der Waals surface area (Å²) in [5.41, 5.74) is -0.927. The highest BCUT2D eigenvalue weighted by Gasteiger charge is 2.14. The van der Waals surface area contributed by atoms with Gasteiger partial charge in [-0.2, -0.15) is 5.26 Å². The van der Waals surface area contributed by atoms with Crippen LogP contribution in [0.2, 0.25) is 0 Å². The van der Waals surface area contributed by atoms with Crippen molar-refractivity contribution in [2.45, 2.75) is 4.90 Å². The van der Waals surface area contributed by atoms with Gasteiger partial charge in [-0.15, -0.1) is 0 Å². The maximum absolute atomic E-state index is 12.2. The number of thioether (sulfide) groups is 1. The largest absolute Gasteiger partial charge is 0.494 e. The summed E-state index contributed by atoms with van der Waals surface area (Å²) in [6, 6.07) is 13.3. The maximum Gasteiger partial charge on any atom is 0.335 e. The summed E-state index contributed by atoms with van der Waals surface area (Å²) in [6.07, 6.45) is 1.15. The van der Waals surface area contributed by atoms with Gasteiger partial charge in [0.1, 0.15) is 22.4 Å². The van der Waals surface area contributed by atoms with E-state index in [1.807, 2.05) is 5.40 Å². The highest BCUT2D eigenvalue weighted by atomic mass is 32.2. The Kier molecular flexibility index (Phi) is 5.62. The van der Waals surface area contributed by atoms with Gasteiger partial charge in [-0.05, 0) is 42.1 Å². The standard InChI is InChI=1S/C19H14N4O4S/c1-27-16-9-13(28-11-20)7-8-15(16)21-10-14-17(24)22-19(26)23(18(14)25)12-5-3-2-4-6-12/h2-10,25H,1H3,(H,22,24,26). The zero-order valence-electron chi connectivity index (χ0n) is 14.6. The van der Waals surface area contributed by atoms with Gasteiger partial charge in [0.05, 0.1) is 12.8 Å². The second-order valence-corrected chi connectivity index (χ2v) is 6.31. The number of aromatic hydroxyl groups is 1. The number of nitrogens with one attached hydrogen (secondary N) is 1. The summed E-state index contributed by atoms with van der Waals surface area (Å²) in [6.45, 7) is 0. The first-order valence-corrected chi connectivity index (χ1v) is 8.78. The number of aliphatic imine (C=N–C) groups is 1. The minimum absolute atomic E-state index is 0.180. The molecule has 140 valence electrons. The molecule has 0 amide bonds. The molecular formula is C19H14N4O4S. The van der Waals surface area contributed by atoms with Gasteiger partial charge in [-0.25, -0.2) is 9.36 Å². The third kappa shape index (κ3) is 3.82. The van der Waals surface area contributed by atoms with Crippen LogP contribution in [-0.4, -0.2) is 28.0 Å². The van der Waals surface area contributed by atoms with Gasteiger partial charge in [-0.3, -0.25) is 14.8 Å². The lowest BCUT2D eigenvalue weighted by Gasteiger charge is -2.09. The highest BCUT2D eigenvalue weighted by Crippen LogP contribution is 2.32. The summed E-state index contributed by atoms with van der Waals surface area (Å²) in [5.74, 6) is -0.136. The second-order valence-electron chi connectivity index (χ2n) is 5.45. The van der Waals surface area contributed by atoms with Crippen molar-refractivity contribution in [3.8, 4) is 22.7 Å². The van der Waals surface area contributed by atoms with E-state index in [9.17, 15) is 14.7 Å². The van der Waals surface area contributed by atoms with Crippen molar-refractivity contribution in [2.75, 3.05) is 7.11 Å². The molecule has 0 unspecified atom stereocenters. The second kappa shape index (κ2) is 8.28. The van der Waals surface area contributed by atoms with Crippen molar-refractivity contribution in [3.05, 3.63) is 74.9 Å². The number of nitrogens with zero attached hydrogens (tertiary/aromatic N) is 3. The van der Waals surface area contributed by atoms with E-state index in [-0.39, 0.29) is 5.56 Å². The number of hydrogen-bond acceptors (Lipinski definition) is 7. The van der Waals surface area contributed by atoms with Crippen LogP contribution in [0.5, 0.6) is 11.6 Å². The minimum atomic E-state index is -0.769. The Labute approximate surface area is 163 Å². The third-order valence-corrected chi connectivity index (χ3v) is 4.36. The number of aromatic amines is 1. The zero-order valence-corrected chi connectivity index (χ0v) is 15.4. The number of benzene rings is 2. The van der Waals surface area contributed by atoms with Gasteiger partial charge in [0.15, 0.2) is 0 Å². The number of methoxy groups -OCH3 is 1. The number of H-pyrrole nitrogens is 1. The van der Waals surface area contributed by atoms with E-state index >= 15 is 0 Å². The Morgan fingerprint density at radius 3 is 2.68 bits per heavy atom. The van der Waals surface area contributed by atoms with Gasteiger partial charge in [0.2, 0.25) is 5.88 Å². The van der Waals surface area contributed by atoms with Crippen LogP contribution in [0.1, 0.15) is 5.56 Å². The molecule has 0 saturated heterocycles. The molecule has 3 rings (SSSR count). The first kappa shape index (κ1) is 19.0. The molecule has 1 heterocycles. The smallest absolute Gasteiger partial charge is 0.335 e. The van der Waals surface area contributed by atoms with Gasteiger partial charge in [0.25, 0.3) is 5.56 Å². The lowest BCUT2D eigenvalue weighted by Crippen LogP contribution is -2.31. The van der Waals surface area contributed by atoms with E-state index in [2.05, 4.69) is 9.98 Å². The third-order valence-electron chi connectivity index (χ3n) is 3.78. The average molecular weight is 394 g/mol. The predicted octanol–water partition coefficient (Wildman–Crippen LogP) is 2.56. The van der Waals surface area contributed by atoms with Crippen molar-refractivity contribution in [3.63, 3.8) is 0 Å². The first-order valence-electron chi connectivity index (χ1n) is 7.97. The fraction of sp³-hybridized carbons (Fsp3) is 0.0526. The van der Waals surface area contributed by atoms with Crippen LogP contribution in [0.4, 0.5) is 5.69 Å². The Balaban J connectivity index is 2.07. The van der Waals surface area contributed by atoms with E-state index < -0.39 is 17.1 Å². The number of ether oxygens (including phenoxy) is 1. The highest BCUT2D eigenvalue weighted by molar-refractivity contribution is 8.03. The first-order chi connectivity index (χ1) is 13.5. The van der Waals surface area contributed by atoms with Crippen molar-refractivity contribution >= 4 is 23.7 Å². The number of aromatic nitrogens is 2. The molecule has 0 aliphatic rings. The molecule has 8 nitrogen and oxygen atoms in total. The zero-order chi connectivity index (χ0) is 20.1. The molecule has 0 atom stereocenters. The summed E-state index contributed by atoms with van der Waals surface area (Å²) >= 11 is 0.975. The van der Waals surface area contributed by atoms with Crippen LogP contribution in [0, 0.1) is 10.7 Å². The molecular weight excluding hydrogens is 380 g/mol. The molecule has 0 aliphatic heterocycles. The molecule has 0 radical (unpaired) electrons. The molecule has 3 aromatic rings. The summed E-state index contributed by atoms with van der Waals surface area (Å²) in [7, 11) is 1.45. The molecule has 0 fully saturated rings. The van der Waals surface area contributed by atoms with E-state index in [1.54, 1.807) is 48.5 Å². The van der Waals surface area contributed by atoms with Crippen LogP contribution in [0.15, 0.2) is 68.0 Å². The fourth-order valence-electron chi connectivity index (χ4n) is 2.49. The monoisotopic (exact) mass is 394 g/mol. The Morgan fingerprint density at radius 1 is 1.25 bits per heavy atom. The topological polar surface area (TPSA) is 120 Å². The summed E-state index contributed by atoms with van der Waals surface area (Å²) in [5, 5.41) is 21.2. The van der Waals surface area contributed by atoms with E-state index in [0.717, 1.165) is 22.5 Å². The number of hydrogen-bond donors (Lipinski definition) is 2. The number of para-hydroxylation sites is 1. The molecule has 0 bridgehead atoms. The Morgan fingerprint density at radius 2 is 2.00 bits per heavy atom. The van der Waals surface area contributed by atoms with Crippen molar-refractivity contribution in [1.29, 1.82) is 5.26 Å². The lowest BCUT2D eigenvalue weighted by molar-refractivity contribution is 0.415. The van der Waals surface area contributed by atoms with E-state index in [1.165, 1.54) is 7.11 Å². The number of rotatable bonds is 5. The van der Waals surface area contributed by atoms with Crippen molar-refractivity contribution < 1.29 is 9.84 Å². The molecule has 0 spiro atoms. The van der Waals surface area contributed by atoms with Crippen molar-refractivity contribution in [1.82, 2.24) is 9.55 Å². The number of nitriles is 1. The van der Waals surface area contributed by atoms with Crippen LogP contribution < -0.4 is 16.0 Å². The summed E-state index contributed by atoms with van der Waals surface area (Å²) < 4.78 is 6.23. The molecule has 9 heteroatoms. The summed E-state index contributed by atoms with van der Waals surface area (Å²) in [4.78, 5) is 31.4.